The van der Waals surface area contributed by atoms with Crippen molar-refractivity contribution in [2.45, 2.75) is 19.4 Å². The van der Waals surface area contributed by atoms with Crippen LogP contribution >= 0.6 is 0 Å². The van der Waals surface area contributed by atoms with Gasteiger partial charge in [0, 0.05) is 26.1 Å². The molecule has 0 aromatic carbocycles. The maximum Gasteiger partial charge on any atom is 0.240 e. The summed E-state index contributed by atoms with van der Waals surface area (Å²) in [6, 6.07) is 7.45. The van der Waals surface area contributed by atoms with Gasteiger partial charge in [-0.15, -0.1) is 0 Å². The molecule has 1 saturated heterocycles. The molecule has 3 heterocycles. The lowest BCUT2D eigenvalue weighted by Gasteiger charge is -2.12. The predicted octanol–water partition coefficient (Wildman–Crippen LogP) is 0.247. The summed E-state index contributed by atoms with van der Waals surface area (Å²) >= 11 is 0. The summed E-state index contributed by atoms with van der Waals surface area (Å²) in [5.41, 5.74) is 2.30. The number of likely N-dealkylation sites (tertiary alicyclic amines) is 1. The number of carbonyl (C=O) groups excluding carboxylic acids is 3. The molecule has 0 unspecified atom stereocenters. The maximum atomic E-state index is 11.9. The molecular weight excluding hydrogens is 310 g/mol. The van der Waals surface area contributed by atoms with Gasteiger partial charge in [-0.05, 0) is 18.2 Å². The molecule has 3 rings (SSSR count). The van der Waals surface area contributed by atoms with Crippen molar-refractivity contribution < 1.29 is 14.4 Å². The van der Waals surface area contributed by atoms with Crippen LogP contribution in [-0.2, 0) is 28.0 Å². The molecule has 1 aliphatic rings. The summed E-state index contributed by atoms with van der Waals surface area (Å²) in [4.78, 5) is 40.2. The molecule has 2 aromatic heterocycles. The number of carbonyl (C=O) groups is 3. The number of nitrogens with one attached hydrogen (secondary N) is 1. The highest BCUT2D eigenvalue weighted by Gasteiger charge is 2.30. The van der Waals surface area contributed by atoms with Crippen LogP contribution in [0.1, 0.15) is 18.5 Å². The van der Waals surface area contributed by atoms with Crippen LogP contribution < -0.4 is 5.32 Å². The predicted molar refractivity (Wildman–Crippen MR) is 84.2 cm³/mol. The van der Waals surface area contributed by atoms with Crippen LogP contribution in [0.3, 0.4) is 0 Å². The Bertz CT molecular complexity index is 768. The molecule has 0 radical (unpaired) electrons. The fraction of sp³-hybridized carbons (Fsp3) is 0.312. The number of nitrogens with zero attached hydrogens (tertiary/aromatic N) is 4. The van der Waals surface area contributed by atoms with Gasteiger partial charge in [0.1, 0.15) is 6.54 Å². The number of imide groups is 1. The van der Waals surface area contributed by atoms with E-state index < -0.39 is 0 Å². The molecule has 1 N–H and O–H groups in total. The molecule has 1 aliphatic heterocycles. The number of hydrogen-bond donors (Lipinski definition) is 1. The van der Waals surface area contributed by atoms with Gasteiger partial charge in [-0.1, -0.05) is 6.07 Å². The fourth-order valence-corrected chi connectivity index (χ4v) is 2.55. The van der Waals surface area contributed by atoms with E-state index in [1.54, 1.807) is 17.9 Å². The third-order valence-corrected chi connectivity index (χ3v) is 3.78. The minimum Gasteiger partial charge on any atom is -0.349 e. The van der Waals surface area contributed by atoms with E-state index >= 15 is 0 Å². The first-order chi connectivity index (χ1) is 11.5. The normalized spacial score (nSPS) is 14.3. The van der Waals surface area contributed by atoms with Gasteiger partial charge in [0.15, 0.2) is 0 Å². The number of rotatable bonds is 5. The molecule has 8 heteroatoms. The maximum absolute atomic E-state index is 11.9. The Morgan fingerprint density at radius 2 is 2.00 bits per heavy atom. The largest absolute Gasteiger partial charge is 0.349 e. The molecule has 24 heavy (non-hydrogen) atoms. The van der Waals surface area contributed by atoms with E-state index in [0.717, 1.165) is 16.3 Å². The van der Waals surface area contributed by atoms with E-state index in [1.165, 1.54) is 0 Å². The second-order valence-electron chi connectivity index (χ2n) is 5.51. The van der Waals surface area contributed by atoms with E-state index in [4.69, 9.17) is 0 Å². The highest BCUT2D eigenvalue weighted by Crippen LogP contribution is 2.16. The van der Waals surface area contributed by atoms with Crippen molar-refractivity contribution in [2.24, 2.45) is 7.05 Å². The Hall–Kier alpha value is -3.03. The Morgan fingerprint density at radius 1 is 1.25 bits per heavy atom. The quantitative estimate of drug-likeness (QED) is 0.794. The number of amides is 3. The van der Waals surface area contributed by atoms with Crippen molar-refractivity contribution in [1.82, 2.24) is 25.0 Å². The summed E-state index contributed by atoms with van der Waals surface area (Å²) in [5.74, 6) is -0.987. The highest BCUT2D eigenvalue weighted by molar-refractivity contribution is 6.04. The smallest absolute Gasteiger partial charge is 0.240 e. The second kappa shape index (κ2) is 6.61. The van der Waals surface area contributed by atoms with Crippen molar-refractivity contribution >= 4 is 17.7 Å². The summed E-state index contributed by atoms with van der Waals surface area (Å²) in [5, 5.41) is 7.01. The molecule has 8 nitrogen and oxygen atoms in total. The van der Waals surface area contributed by atoms with Gasteiger partial charge in [0.25, 0.3) is 0 Å². The van der Waals surface area contributed by atoms with Gasteiger partial charge in [-0.3, -0.25) is 28.9 Å². The molecule has 0 aliphatic carbocycles. The first-order valence-electron chi connectivity index (χ1n) is 7.59. The van der Waals surface area contributed by atoms with E-state index in [9.17, 15) is 14.4 Å². The standard InChI is InChI=1S/C16H17N5O3/c1-20-13(12-4-2-3-7-17-12)8-11(19-20)9-18-14(22)10-21-15(23)5-6-16(21)24/h2-4,7-8H,5-6,9-10H2,1H3,(H,18,22). The number of aromatic nitrogens is 3. The SMILES string of the molecule is Cn1nc(CNC(=O)CN2C(=O)CCC2=O)cc1-c1ccccn1. The van der Waals surface area contributed by atoms with Crippen LogP contribution in [0.5, 0.6) is 0 Å². The minimum atomic E-state index is -0.386. The Labute approximate surface area is 138 Å². The number of aryl methyl sites for hydroxylation is 1. The lowest BCUT2D eigenvalue weighted by molar-refractivity contribution is -0.142. The van der Waals surface area contributed by atoms with Gasteiger partial charge in [0.2, 0.25) is 17.7 Å². The molecule has 3 amide bonds. The Balaban J connectivity index is 1.60. The van der Waals surface area contributed by atoms with Gasteiger partial charge >= 0.3 is 0 Å². The van der Waals surface area contributed by atoms with Crippen LogP contribution in [0.2, 0.25) is 0 Å². The summed E-state index contributed by atoms with van der Waals surface area (Å²) in [6.07, 6.45) is 2.06. The zero-order chi connectivity index (χ0) is 17.1. The average molecular weight is 327 g/mol. The summed E-state index contributed by atoms with van der Waals surface area (Å²) in [7, 11) is 1.80. The van der Waals surface area contributed by atoms with Gasteiger partial charge < -0.3 is 5.32 Å². The topological polar surface area (TPSA) is 97.2 Å². The monoisotopic (exact) mass is 327 g/mol. The molecule has 0 saturated carbocycles. The van der Waals surface area contributed by atoms with Crippen LogP contribution in [0.25, 0.3) is 11.4 Å². The van der Waals surface area contributed by atoms with Crippen LogP contribution in [0.4, 0.5) is 0 Å². The Morgan fingerprint density at radius 3 is 2.67 bits per heavy atom. The summed E-state index contributed by atoms with van der Waals surface area (Å²) < 4.78 is 1.69. The third kappa shape index (κ3) is 3.32. The number of hydrogen-bond acceptors (Lipinski definition) is 5. The van der Waals surface area contributed by atoms with E-state index in [2.05, 4.69) is 15.4 Å². The van der Waals surface area contributed by atoms with E-state index in [1.807, 2.05) is 24.3 Å². The minimum absolute atomic E-state index is 0.180. The lowest BCUT2D eigenvalue weighted by atomic mass is 10.2. The zero-order valence-electron chi connectivity index (χ0n) is 13.2. The van der Waals surface area contributed by atoms with Crippen molar-refractivity contribution in [3.05, 3.63) is 36.2 Å². The fourth-order valence-electron chi connectivity index (χ4n) is 2.55. The van der Waals surface area contributed by atoms with Crippen molar-refractivity contribution in [3.63, 3.8) is 0 Å². The molecule has 0 spiro atoms. The molecule has 0 atom stereocenters. The Kier molecular flexibility index (Phi) is 4.37. The molecular formula is C16H17N5O3. The lowest BCUT2D eigenvalue weighted by Crippen LogP contribution is -2.39. The van der Waals surface area contributed by atoms with Crippen LogP contribution in [0.15, 0.2) is 30.5 Å². The molecule has 0 bridgehead atoms. The number of pyridine rings is 1. The van der Waals surface area contributed by atoms with Gasteiger partial charge in [-0.2, -0.15) is 5.10 Å². The zero-order valence-corrected chi connectivity index (χ0v) is 13.2. The molecule has 1 fully saturated rings. The first-order valence-corrected chi connectivity index (χ1v) is 7.59. The highest BCUT2D eigenvalue weighted by atomic mass is 16.2. The van der Waals surface area contributed by atoms with Gasteiger partial charge in [-0.25, -0.2) is 0 Å². The van der Waals surface area contributed by atoms with Crippen molar-refractivity contribution in [2.75, 3.05) is 6.54 Å². The summed E-state index contributed by atoms with van der Waals surface area (Å²) in [6.45, 7) is -0.0205. The molecule has 2 aromatic rings. The second-order valence-corrected chi connectivity index (χ2v) is 5.51. The third-order valence-electron chi connectivity index (χ3n) is 3.78. The van der Waals surface area contributed by atoms with E-state index in [-0.39, 0.29) is 43.7 Å². The van der Waals surface area contributed by atoms with E-state index in [0.29, 0.717) is 5.69 Å². The average Bonchev–Trinajstić information content (AvgIpc) is 3.11. The first kappa shape index (κ1) is 15.9. The van der Waals surface area contributed by atoms with Crippen LogP contribution in [0, 0.1) is 0 Å². The van der Waals surface area contributed by atoms with Crippen molar-refractivity contribution in [1.29, 1.82) is 0 Å². The van der Waals surface area contributed by atoms with Crippen LogP contribution in [-0.4, -0.2) is 43.9 Å². The van der Waals surface area contributed by atoms with Crippen molar-refractivity contribution in [3.8, 4) is 11.4 Å². The van der Waals surface area contributed by atoms with Gasteiger partial charge in [0.05, 0.1) is 23.6 Å². The molecule has 124 valence electrons.